The average Bonchev–Trinajstić information content (AvgIpc) is 1.85. The first kappa shape index (κ1) is 18.0. The summed E-state index contributed by atoms with van der Waals surface area (Å²) in [6.07, 6.45) is 0. The highest BCUT2D eigenvalue weighted by molar-refractivity contribution is 6.74. The van der Waals surface area contributed by atoms with Gasteiger partial charge in [0.05, 0.1) is 0 Å². The van der Waals surface area contributed by atoms with Crippen LogP contribution in [0.1, 0.15) is 0 Å². The summed E-state index contributed by atoms with van der Waals surface area (Å²) in [7, 11) is 0. The van der Waals surface area contributed by atoms with Crippen molar-refractivity contribution in [3.63, 3.8) is 0 Å². The lowest BCUT2D eigenvalue weighted by Gasteiger charge is -2.09. The molecule has 0 amide bonds. The average molecular weight is 369 g/mol. The second kappa shape index (κ2) is 7.81. The monoisotopic (exact) mass is 365 g/mol. The molecule has 0 nitrogen and oxygen atoms in total. The quantitative estimate of drug-likeness (QED) is 0.465. The lowest BCUT2D eigenvalue weighted by atomic mass is 10.9. The van der Waals surface area contributed by atoms with Gasteiger partial charge in [0.1, 0.15) is 5.88 Å². The van der Waals surface area contributed by atoms with Gasteiger partial charge in [-0.3, -0.25) is 0 Å². The Labute approximate surface area is 122 Å². The first-order valence-corrected chi connectivity index (χ1v) is 5.94. The van der Waals surface area contributed by atoms with E-state index in [1.54, 1.807) is 0 Å². The highest BCUT2D eigenvalue weighted by Gasteiger charge is 2.28. The van der Waals surface area contributed by atoms with Gasteiger partial charge >= 0.3 is 0 Å². The normalized spacial score (nSPS) is 12.5. The van der Waals surface area contributed by atoms with E-state index in [2.05, 4.69) is 0 Å². The summed E-state index contributed by atoms with van der Waals surface area (Å²) in [5.74, 6) is 0.956. The molecule has 0 spiro atoms. The highest BCUT2D eigenvalue weighted by atomic mass is 35.6. The van der Waals surface area contributed by atoms with E-state index in [0.717, 1.165) is 5.88 Å². The van der Waals surface area contributed by atoms with Crippen molar-refractivity contribution in [2.45, 2.75) is 12.4 Å². The predicted molar refractivity (Wildman–Crippen MR) is 66.2 cm³/mol. The minimum atomic E-state index is -1.55. The van der Waals surface area contributed by atoms with Crippen LogP contribution < -0.4 is 0 Å². The van der Waals surface area contributed by atoms with Gasteiger partial charge < -0.3 is 0 Å². The maximum absolute atomic E-state index is 5.14. The standard InChI is InChI=1S/C2HCl5.C2HCl4/c3-1(4)2(5,6)7;3-1-2(4,5)6/h1H;1H. The molecule has 0 fully saturated rings. The van der Waals surface area contributed by atoms with E-state index in [1.807, 2.05) is 0 Å². The summed E-state index contributed by atoms with van der Waals surface area (Å²) in [5, 5.41) is 0. The summed E-state index contributed by atoms with van der Waals surface area (Å²) in [5.41, 5.74) is 0. The molecule has 0 aromatic rings. The summed E-state index contributed by atoms with van der Waals surface area (Å²) in [6, 6.07) is 0. The van der Waals surface area contributed by atoms with E-state index in [1.165, 1.54) is 0 Å². The molecule has 81 valence electrons. The molecule has 0 heterocycles. The van der Waals surface area contributed by atoms with Crippen LogP contribution in [0.4, 0.5) is 0 Å². The molecular weight excluding hydrogens is 367 g/mol. The van der Waals surface area contributed by atoms with Crippen molar-refractivity contribution in [2.24, 2.45) is 0 Å². The highest BCUT2D eigenvalue weighted by Crippen LogP contribution is 2.35. The zero-order valence-electron chi connectivity index (χ0n) is 5.56. The molecule has 0 aliphatic heterocycles. The third-order valence-corrected chi connectivity index (χ3v) is 3.34. The van der Waals surface area contributed by atoms with E-state index in [9.17, 15) is 0 Å². The Morgan fingerprint density at radius 1 is 0.846 bits per heavy atom. The molecule has 0 N–H and O–H groups in total. The van der Waals surface area contributed by atoms with Crippen LogP contribution in [0.3, 0.4) is 0 Å². The van der Waals surface area contributed by atoms with Crippen LogP contribution in [-0.4, -0.2) is 12.4 Å². The van der Waals surface area contributed by atoms with E-state index >= 15 is 0 Å². The number of rotatable bonds is 0. The van der Waals surface area contributed by atoms with E-state index in [4.69, 9.17) is 104 Å². The van der Waals surface area contributed by atoms with Gasteiger partial charge in [0.25, 0.3) is 0 Å². The van der Waals surface area contributed by atoms with E-state index in [-0.39, 0.29) is 0 Å². The first-order valence-electron chi connectivity index (χ1n) is 2.37. The van der Waals surface area contributed by atoms with Gasteiger partial charge in [-0.2, -0.15) is 0 Å². The van der Waals surface area contributed by atoms with E-state index in [0.29, 0.717) is 0 Å². The molecule has 0 unspecified atom stereocenters. The van der Waals surface area contributed by atoms with Crippen molar-refractivity contribution in [3.05, 3.63) is 5.88 Å². The molecule has 13 heavy (non-hydrogen) atoms. The second-order valence-corrected chi connectivity index (χ2v) is 7.55. The Morgan fingerprint density at radius 3 is 1.00 bits per heavy atom. The largest absolute Gasteiger partial charge is 0.220 e. The summed E-state index contributed by atoms with van der Waals surface area (Å²) in [6.45, 7) is 0. The zero-order valence-corrected chi connectivity index (χ0v) is 12.4. The van der Waals surface area contributed by atoms with Gasteiger partial charge in [0.2, 0.25) is 7.59 Å². The molecule has 0 rings (SSSR count). The summed E-state index contributed by atoms with van der Waals surface area (Å²) < 4.78 is -2.95. The van der Waals surface area contributed by atoms with Gasteiger partial charge in [-0.25, -0.2) is 0 Å². The van der Waals surface area contributed by atoms with Crippen LogP contribution in [0.15, 0.2) is 0 Å². The molecule has 0 aliphatic carbocycles. The third kappa shape index (κ3) is 17.2. The van der Waals surface area contributed by atoms with Crippen LogP contribution in [0.2, 0.25) is 0 Å². The number of hydrogen-bond acceptors (Lipinski definition) is 0. The summed E-state index contributed by atoms with van der Waals surface area (Å²) in [4.78, 5) is -0.961. The van der Waals surface area contributed by atoms with Gasteiger partial charge in [0.15, 0.2) is 4.84 Å². The van der Waals surface area contributed by atoms with Crippen molar-refractivity contribution in [3.8, 4) is 0 Å². The van der Waals surface area contributed by atoms with Gasteiger partial charge in [-0.1, -0.05) is 69.6 Å². The molecule has 0 atom stereocenters. The van der Waals surface area contributed by atoms with Crippen molar-refractivity contribution < 1.29 is 0 Å². The fourth-order valence-electron chi connectivity index (χ4n) is 0. The predicted octanol–water partition coefficient (Wildman–Crippen LogP) is 5.92. The Balaban J connectivity index is 0. The maximum atomic E-state index is 5.14. The zero-order chi connectivity index (χ0) is 11.3. The van der Waals surface area contributed by atoms with Crippen molar-refractivity contribution >= 4 is 104 Å². The Hall–Kier alpha value is 2.61. The molecule has 0 bridgehead atoms. The molecule has 9 heteroatoms. The molecule has 0 aliphatic rings. The minimum Gasteiger partial charge on any atom is -0.117 e. The van der Waals surface area contributed by atoms with Gasteiger partial charge in [-0.05, 0) is 0 Å². The van der Waals surface area contributed by atoms with Crippen molar-refractivity contribution in [2.75, 3.05) is 0 Å². The molecule has 0 saturated carbocycles. The van der Waals surface area contributed by atoms with Crippen LogP contribution in [0.25, 0.3) is 0 Å². The second-order valence-electron chi connectivity index (χ2n) is 1.49. The summed E-state index contributed by atoms with van der Waals surface area (Å²) >= 11 is 45.8. The topological polar surface area (TPSA) is 0 Å². The van der Waals surface area contributed by atoms with Gasteiger partial charge in [0, 0.05) is 0 Å². The lowest BCUT2D eigenvalue weighted by Crippen LogP contribution is -2.11. The smallest absolute Gasteiger partial charge is 0.117 e. The fraction of sp³-hybridized carbons (Fsp3) is 0.750. The fourth-order valence-corrected chi connectivity index (χ4v) is 0. The Kier molecular flexibility index (Phi) is 10.8. The first-order chi connectivity index (χ1) is 5.50. The van der Waals surface area contributed by atoms with Crippen molar-refractivity contribution in [1.82, 2.24) is 0 Å². The lowest BCUT2D eigenvalue weighted by molar-refractivity contribution is 1.19. The number of hydrogen-bond donors (Lipinski definition) is 0. The van der Waals surface area contributed by atoms with Crippen molar-refractivity contribution in [1.29, 1.82) is 0 Å². The van der Waals surface area contributed by atoms with Crippen LogP contribution >= 0.6 is 104 Å². The maximum Gasteiger partial charge on any atom is 0.220 e. The number of halogens is 9. The van der Waals surface area contributed by atoms with Crippen LogP contribution in [0.5, 0.6) is 0 Å². The third-order valence-electron chi connectivity index (χ3n) is 0.371. The Morgan fingerprint density at radius 2 is 1.00 bits per heavy atom. The van der Waals surface area contributed by atoms with Crippen LogP contribution in [-0.2, 0) is 0 Å². The minimum absolute atomic E-state index is 0.956. The molecule has 0 saturated heterocycles. The molecule has 1 radical (unpaired) electrons. The van der Waals surface area contributed by atoms with Gasteiger partial charge in [-0.15, -0.1) is 34.8 Å². The number of alkyl halides is 8. The SMILES string of the molecule is ClC(Cl)C(Cl)(Cl)Cl.Cl[CH]C(Cl)(Cl)Cl. The van der Waals surface area contributed by atoms with E-state index < -0.39 is 12.4 Å². The van der Waals surface area contributed by atoms with Crippen LogP contribution in [0, 0.1) is 5.88 Å². The Bertz CT molecular complexity index is 119. The molecule has 0 aromatic heterocycles. The molecule has 0 aromatic carbocycles. The molecular formula is C4H2Cl9.